The van der Waals surface area contributed by atoms with E-state index in [4.69, 9.17) is 9.15 Å². The van der Waals surface area contributed by atoms with Crippen molar-refractivity contribution in [3.63, 3.8) is 0 Å². The number of esters is 1. The zero-order chi connectivity index (χ0) is 27.9. The van der Waals surface area contributed by atoms with Crippen molar-refractivity contribution in [1.82, 2.24) is 5.32 Å². The number of halogens is 1. The van der Waals surface area contributed by atoms with Crippen molar-refractivity contribution in [3.8, 4) is 6.07 Å². The molecule has 0 saturated carbocycles. The highest BCUT2D eigenvalue weighted by Crippen LogP contribution is 2.41. The number of carbonyl (C=O) groups excluding carboxylic acids is 3. The molecule has 0 saturated heterocycles. The van der Waals surface area contributed by atoms with E-state index in [0.717, 1.165) is 11.8 Å². The summed E-state index contributed by atoms with van der Waals surface area (Å²) < 4.78 is 23.6. The number of nitrogens with zero attached hydrogens (tertiary/aromatic N) is 1. The Kier molecular flexibility index (Phi) is 8.48. The Hall–Kier alpha value is -4.82. The molecule has 2 amide bonds. The topological polar surface area (TPSA) is 133 Å². The lowest BCUT2D eigenvalue weighted by Crippen LogP contribution is -2.31. The summed E-state index contributed by atoms with van der Waals surface area (Å²) in [4.78, 5) is 38.3. The summed E-state index contributed by atoms with van der Waals surface area (Å²) >= 11 is 1.08. The lowest BCUT2D eigenvalue weighted by Gasteiger charge is -2.28. The molecule has 1 aliphatic rings. The summed E-state index contributed by atoms with van der Waals surface area (Å²) in [6, 6.07) is 17.2. The standard InChI is InChI=1S/C28H23FN4O5S/c1-16-24(26(35)33-21-7-4-3-6-19(21)28(36)37-2)25(22-8-5-13-38-22)20(14-30)27(31-16)39-15-23(34)32-18-11-9-17(29)10-12-18/h3-13,25,31H,15H2,1-2H3,(H,32,34)(H,33,35)/t25-/m0/s1. The van der Waals surface area contributed by atoms with Gasteiger partial charge in [-0.05, 0) is 55.5 Å². The summed E-state index contributed by atoms with van der Waals surface area (Å²) in [5.74, 6) is -2.53. The molecule has 11 heteroatoms. The summed E-state index contributed by atoms with van der Waals surface area (Å²) in [6.45, 7) is 1.67. The van der Waals surface area contributed by atoms with Gasteiger partial charge in [0.05, 0.1) is 58.5 Å². The van der Waals surface area contributed by atoms with Gasteiger partial charge in [0.2, 0.25) is 5.91 Å². The first-order valence-corrected chi connectivity index (χ1v) is 12.6. The molecule has 2 heterocycles. The molecule has 0 radical (unpaired) electrons. The number of hydrogen-bond acceptors (Lipinski definition) is 8. The molecule has 9 nitrogen and oxygen atoms in total. The van der Waals surface area contributed by atoms with Crippen molar-refractivity contribution in [2.75, 3.05) is 23.5 Å². The second-order valence-corrected chi connectivity index (χ2v) is 9.29. The third-order valence-corrected chi connectivity index (χ3v) is 6.79. The van der Waals surface area contributed by atoms with E-state index in [9.17, 15) is 24.0 Å². The fraction of sp³-hybridized carbons (Fsp3) is 0.143. The number of ether oxygens (including phenoxy) is 1. The zero-order valence-electron chi connectivity index (χ0n) is 20.9. The van der Waals surface area contributed by atoms with Gasteiger partial charge in [-0.15, -0.1) is 0 Å². The van der Waals surface area contributed by atoms with Gasteiger partial charge < -0.3 is 25.1 Å². The molecular weight excluding hydrogens is 523 g/mol. The zero-order valence-corrected chi connectivity index (χ0v) is 21.7. The Labute approximate surface area is 227 Å². The van der Waals surface area contributed by atoms with Crippen LogP contribution in [0.3, 0.4) is 0 Å². The van der Waals surface area contributed by atoms with E-state index in [-0.39, 0.29) is 34.1 Å². The monoisotopic (exact) mass is 546 g/mol. The van der Waals surface area contributed by atoms with Crippen LogP contribution in [-0.4, -0.2) is 30.6 Å². The Morgan fingerprint density at radius 2 is 1.85 bits per heavy atom. The van der Waals surface area contributed by atoms with E-state index in [0.29, 0.717) is 22.2 Å². The van der Waals surface area contributed by atoms with Crippen molar-refractivity contribution >= 4 is 40.9 Å². The highest BCUT2D eigenvalue weighted by molar-refractivity contribution is 8.03. The number of allylic oxidation sites excluding steroid dienone is 2. The normalized spacial score (nSPS) is 14.8. The molecule has 1 aromatic heterocycles. The van der Waals surface area contributed by atoms with Crippen molar-refractivity contribution in [2.24, 2.45) is 0 Å². The largest absolute Gasteiger partial charge is 0.468 e. The van der Waals surface area contributed by atoms with Crippen LogP contribution in [0.4, 0.5) is 15.8 Å². The molecule has 0 aliphatic carbocycles. The molecule has 198 valence electrons. The van der Waals surface area contributed by atoms with Gasteiger partial charge in [-0.2, -0.15) is 5.26 Å². The quantitative estimate of drug-likeness (QED) is 0.340. The molecule has 4 rings (SSSR count). The number of methoxy groups -OCH3 is 1. The number of nitriles is 1. The number of dihydropyridines is 1. The van der Waals surface area contributed by atoms with Gasteiger partial charge in [0, 0.05) is 11.4 Å². The second-order valence-electron chi connectivity index (χ2n) is 8.30. The number of para-hydroxylation sites is 1. The summed E-state index contributed by atoms with van der Waals surface area (Å²) in [7, 11) is 1.24. The van der Waals surface area contributed by atoms with Crippen LogP contribution in [-0.2, 0) is 14.3 Å². The van der Waals surface area contributed by atoms with Crippen LogP contribution in [0.25, 0.3) is 0 Å². The maximum absolute atomic E-state index is 13.6. The lowest BCUT2D eigenvalue weighted by molar-refractivity contribution is -0.114. The van der Waals surface area contributed by atoms with Crippen LogP contribution < -0.4 is 16.0 Å². The Morgan fingerprint density at radius 3 is 2.51 bits per heavy atom. The maximum atomic E-state index is 13.6. The van der Waals surface area contributed by atoms with E-state index in [1.54, 1.807) is 37.3 Å². The van der Waals surface area contributed by atoms with Crippen LogP contribution in [0.15, 0.2) is 93.2 Å². The van der Waals surface area contributed by atoms with Crippen LogP contribution in [0, 0.1) is 17.1 Å². The number of carbonyl (C=O) groups is 3. The molecule has 0 spiro atoms. The van der Waals surface area contributed by atoms with Crippen LogP contribution >= 0.6 is 11.8 Å². The molecular formula is C28H23FN4O5S. The molecule has 0 unspecified atom stereocenters. The van der Waals surface area contributed by atoms with Gasteiger partial charge in [-0.1, -0.05) is 23.9 Å². The molecule has 0 bridgehead atoms. The van der Waals surface area contributed by atoms with Crippen molar-refractivity contribution in [3.05, 3.63) is 106 Å². The highest BCUT2D eigenvalue weighted by Gasteiger charge is 2.37. The fourth-order valence-electron chi connectivity index (χ4n) is 4.01. The minimum Gasteiger partial charge on any atom is -0.468 e. The van der Waals surface area contributed by atoms with E-state index in [1.165, 1.54) is 43.7 Å². The van der Waals surface area contributed by atoms with Crippen LogP contribution in [0.2, 0.25) is 0 Å². The summed E-state index contributed by atoms with van der Waals surface area (Å²) in [5, 5.41) is 19.0. The smallest absolute Gasteiger partial charge is 0.339 e. The molecule has 0 fully saturated rings. The molecule has 1 aliphatic heterocycles. The van der Waals surface area contributed by atoms with Gasteiger partial charge in [-0.3, -0.25) is 9.59 Å². The number of furan rings is 1. The average Bonchev–Trinajstić information content (AvgIpc) is 3.47. The SMILES string of the molecule is COC(=O)c1ccccc1NC(=O)C1=C(C)NC(SCC(=O)Nc2ccc(F)cc2)=C(C#N)[C@H]1c1ccco1. The summed E-state index contributed by atoms with van der Waals surface area (Å²) in [6.07, 6.45) is 1.44. The third kappa shape index (κ3) is 6.19. The van der Waals surface area contributed by atoms with E-state index < -0.39 is 23.6 Å². The fourth-order valence-corrected chi connectivity index (χ4v) is 4.90. The van der Waals surface area contributed by atoms with Crippen molar-refractivity contribution in [1.29, 1.82) is 5.26 Å². The number of thioether (sulfide) groups is 1. The maximum Gasteiger partial charge on any atom is 0.339 e. The van der Waals surface area contributed by atoms with E-state index in [2.05, 4.69) is 22.0 Å². The molecule has 39 heavy (non-hydrogen) atoms. The average molecular weight is 547 g/mol. The van der Waals surface area contributed by atoms with Crippen LogP contribution in [0.5, 0.6) is 0 Å². The molecule has 3 aromatic rings. The predicted octanol–water partition coefficient (Wildman–Crippen LogP) is 4.91. The Balaban J connectivity index is 1.60. The van der Waals surface area contributed by atoms with Gasteiger partial charge in [0.25, 0.3) is 5.91 Å². The first kappa shape index (κ1) is 27.2. The number of rotatable bonds is 8. The van der Waals surface area contributed by atoms with Gasteiger partial charge in [0.15, 0.2) is 0 Å². The minimum absolute atomic E-state index is 0.0585. The highest BCUT2D eigenvalue weighted by atomic mass is 32.2. The van der Waals surface area contributed by atoms with Gasteiger partial charge >= 0.3 is 5.97 Å². The van der Waals surface area contributed by atoms with E-state index in [1.807, 2.05) is 0 Å². The minimum atomic E-state index is -0.876. The molecule has 3 N–H and O–H groups in total. The van der Waals surface area contributed by atoms with Crippen molar-refractivity contribution in [2.45, 2.75) is 12.8 Å². The number of benzene rings is 2. The lowest BCUT2D eigenvalue weighted by atomic mass is 9.85. The first-order valence-electron chi connectivity index (χ1n) is 11.6. The van der Waals surface area contributed by atoms with Crippen LogP contribution in [0.1, 0.15) is 29.0 Å². The predicted molar refractivity (Wildman–Crippen MR) is 144 cm³/mol. The molecule has 2 aromatic carbocycles. The second kappa shape index (κ2) is 12.1. The number of nitrogens with one attached hydrogen (secondary N) is 3. The molecule has 1 atom stereocenters. The van der Waals surface area contributed by atoms with Gasteiger partial charge in [-0.25, -0.2) is 9.18 Å². The summed E-state index contributed by atoms with van der Waals surface area (Å²) in [5.41, 5.74) is 1.67. The third-order valence-electron chi connectivity index (χ3n) is 5.78. The number of hydrogen-bond donors (Lipinski definition) is 3. The number of amides is 2. The first-order chi connectivity index (χ1) is 18.8. The number of anilines is 2. The Bertz CT molecular complexity index is 1510. The Morgan fingerprint density at radius 1 is 1.10 bits per heavy atom. The van der Waals surface area contributed by atoms with Gasteiger partial charge in [0.1, 0.15) is 11.6 Å². The van der Waals surface area contributed by atoms with Crippen molar-refractivity contribution < 1.29 is 27.9 Å². The van der Waals surface area contributed by atoms with E-state index >= 15 is 0 Å².